The Balaban J connectivity index is 2.53. The van der Waals surface area contributed by atoms with E-state index in [9.17, 15) is 9.59 Å². The number of hydrogen-bond donors (Lipinski definition) is 1. The van der Waals surface area contributed by atoms with Crippen LogP contribution in [0.3, 0.4) is 0 Å². The van der Waals surface area contributed by atoms with Gasteiger partial charge in [-0.2, -0.15) is 0 Å². The molecule has 0 aliphatic heterocycles. The third-order valence-corrected chi connectivity index (χ3v) is 2.93. The van der Waals surface area contributed by atoms with Gasteiger partial charge in [-0.15, -0.1) is 0 Å². The van der Waals surface area contributed by atoms with Gasteiger partial charge in [-0.25, -0.2) is 0 Å². The number of carbonyl (C=O) groups is 2. The SMILES string of the molecule is CC(=O)N(CCN(C)C)CC(=O)Nc1ccc(C)cc1. The lowest BCUT2D eigenvalue weighted by Crippen LogP contribution is -2.40. The van der Waals surface area contributed by atoms with Crippen LogP contribution in [-0.4, -0.2) is 55.3 Å². The lowest BCUT2D eigenvalue weighted by molar-refractivity contribution is -0.132. The van der Waals surface area contributed by atoms with Crippen LogP contribution in [0.5, 0.6) is 0 Å². The van der Waals surface area contributed by atoms with E-state index in [0.717, 1.165) is 17.8 Å². The zero-order valence-corrected chi connectivity index (χ0v) is 12.6. The molecule has 0 bridgehead atoms. The number of carbonyl (C=O) groups excluding carboxylic acids is 2. The Morgan fingerprint density at radius 1 is 1.10 bits per heavy atom. The molecule has 1 aromatic carbocycles. The zero-order valence-electron chi connectivity index (χ0n) is 12.6. The molecule has 2 amide bonds. The summed E-state index contributed by atoms with van der Waals surface area (Å²) in [7, 11) is 3.87. The zero-order chi connectivity index (χ0) is 15.1. The number of aryl methyl sites for hydroxylation is 1. The topological polar surface area (TPSA) is 52.7 Å². The van der Waals surface area contributed by atoms with Crippen molar-refractivity contribution in [3.63, 3.8) is 0 Å². The number of likely N-dealkylation sites (N-methyl/N-ethyl adjacent to an activating group) is 1. The summed E-state index contributed by atoms with van der Waals surface area (Å²) in [5, 5.41) is 2.80. The first-order chi connectivity index (χ1) is 9.38. The number of benzene rings is 1. The summed E-state index contributed by atoms with van der Waals surface area (Å²) in [6, 6.07) is 7.57. The van der Waals surface area contributed by atoms with E-state index in [2.05, 4.69) is 5.32 Å². The highest BCUT2D eigenvalue weighted by atomic mass is 16.2. The lowest BCUT2D eigenvalue weighted by atomic mass is 10.2. The molecular weight excluding hydrogens is 254 g/mol. The van der Waals surface area contributed by atoms with Crippen molar-refractivity contribution in [1.29, 1.82) is 0 Å². The third-order valence-electron chi connectivity index (χ3n) is 2.93. The fraction of sp³-hybridized carbons (Fsp3) is 0.467. The maximum atomic E-state index is 11.9. The fourth-order valence-electron chi connectivity index (χ4n) is 1.68. The van der Waals surface area contributed by atoms with E-state index >= 15 is 0 Å². The van der Waals surface area contributed by atoms with Crippen LogP contribution >= 0.6 is 0 Å². The second-order valence-electron chi connectivity index (χ2n) is 5.16. The normalized spacial score (nSPS) is 10.4. The Morgan fingerprint density at radius 3 is 2.20 bits per heavy atom. The maximum Gasteiger partial charge on any atom is 0.243 e. The Morgan fingerprint density at radius 2 is 1.70 bits per heavy atom. The quantitative estimate of drug-likeness (QED) is 0.854. The maximum absolute atomic E-state index is 11.9. The van der Waals surface area contributed by atoms with Gasteiger partial charge in [0.25, 0.3) is 0 Å². The van der Waals surface area contributed by atoms with Gasteiger partial charge in [0.05, 0.1) is 6.54 Å². The number of nitrogens with zero attached hydrogens (tertiary/aromatic N) is 2. The van der Waals surface area contributed by atoms with Crippen molar-refractivity contribution in [3.05, 3.63) is 29.8 Å². The molecule has 0 spiro atoms. The molecule has 0 aliphatic carbocycles. The Labute approximate surface area is 120 Å². The molecule has 1 rings (SSSR count). The largest absolute Gasteiger partial charge is 0.332 e. The number of rotatable bonds is 6. The molecule has 0 radical (unpaired) electrons. The van der Waals surface area contributed by atoms with Crippen molar-refractivity contribution in [2.45, 2.75) is 13.8 Å². The Bertz CT molecular complexity index is 455. The second-order valence-corrected chi connectivity index (χ2v) is 5.16. The summed E-state index contributed by atoms with van der Waals surface area (Å²) in [6.07, 6.45) is 0. The van der Waals surface area contributed by atoms with Crippen LogP contribution in [0, 0.1) is 6.92 Å². The standard InChI is InChI=1S/C15H23N3O2/c1-12-5-7-14(8-6-12)16-15(20)11-18(13(2)19)10-9-17(3)4/h5-8H,9-11H2,1-4H3,(H,16,20). The average Bonchev–Trinajstić information content (AvgIpc) is 2.36. The molecule has 5 heteroatoms. The van der Waals surface area contributed by atoms with E-state index in [-0.39, 0.29) is 18.4 Å². The molecule has 1 N–H and O–H groups in total. The minimum absolute atomic E-state index is 0.0804. The van der Waals surface area contributed by atoms with E-state index in [0.29, 0.717) is 6.54 Å². The molecule has 0 unspecified atom stereocenters. The van der Waals surface area contributed by atoms with E-state index in [1.54, 1.807) is 4.90 Å². The number of nitrogens with one attached hydrogen (secondary N) is 1. The Kier molecular flexibility index (Phi) is 6.18. The van der Waals surface area contributed by atoms with Gasteiger partial charge in [-0.1, -0.05) is 17.7 Å². The van der Waals surface area contributed by atoms with Gasteiger partial charge in [0.2, 0.25) is 11.8 Å². The molecule has 0 saturated carbocycles. The molecule has 1 aromatic rings. The van der Waals surface area contributed by atoms with Crippen LogP contribution in [0.15, 0.2) is 24.3 Å². The van der Waals surface area contributed by atoms with Crippen LogP contribution in [0.1, 0.15) is 12.5 Å². The van der Waals surface area contributed by atoms with Crippen LogP contribution in [-0.2, 0) is 9.59 Å². The fourth-order valence-corrected chi connectivity index (χ4v) is 1.68. The van der Waals surface area contributed by atoms with E-state index in [4.69, 9.17) is 0 Å². The first-order valence-electron chi connectivity index (χ1n) is 6.65. The molecule has 0 fully saturated rings. The molecule has 20 heavy (non-hydrogen) atoms. The first-order valence-corrected chi connectivity index (χ1v) is 6.65. The summed E-state index contributed by atoms with van der Waals surface area (Å²) in [5.41, 5.74) is 1.89. The third kappa shape index (κ3) is 5.84. The highest BCUT2D eigenvalue weighted by Gasteiger charge is 2.13. The molecule has 0 atom stereocenters. The van der Waals surface area contributed by atoms with Crippen molar-refractivity contribution in [2.24, 2.45) is 0 Å². The van der Waals surface area contributed by atoms with Gasteiger partial charge < -0.3 is 15.1 Å². The lowest BCUT2D eigenvalue weighted by Gasteiger charge is -2.22. The molecular formula is C15H23N3O2. The average molecular weight is 277 g/mol. The molecule has 0 aliphatic rings. The monoisotopic (exact) mass is 277 g/mol. The van der Waals surface area contributed by atoms with E-state index in [1.807, 2.05) is 50.2 Å². The van der Waals surface area contributed by atoms with Gasteiger partial charge >= 0.3 is 0 Å². The molecule has 110 valence electrons. The van der Waals surface area contributed by atoms with E-state index in [1.165, 1.54) is 6.92 Å². The summed E-state index contributed by atoms with van der Waals surface area (Å²) in [5.74, 6) is -0.270. The van der Waals surface area contributed by atoms with E-state index < -0.39 is 0 Å². The van der Waals surface area contributed by atoms with Crippen LogP contribution < -0.4 is 5.32 Å². The number of amides is 2. The summed E-state index contributed by atoms with van der Waals surface area (Å²) < 4.78 is 0. The number of anilines is 1. The van der Waals surface area contributed by atoms with Crippen LogP contribution in [0.25, 0.3) is 0 Å². The van der Waals surface area contributed by atoms with Crippen molar-refractivity contribution in [2.75, 3.05) is 39.0 Å². The summed E-state index contributed by atoms with van der Waals surface area (Å²) >= 11 is 0. The molecule has 0 heterocycles. The van der Waals surface area contributed by atoms with Gasteiger partial charge in [0, 0.05) is 25.7 Å². The highest BCUT2D eigenvalue weighted by molar-refractivity contribution is 5.94. The molecule has 5 nitrogen and oxygen atoms in total. The summed E-state index contributed by atoms with van der Waals surface area (Å²) in [4.78, 5) is 27.0. The van der Waals surface area contributed by atoms with Crippen molar-refractivity contribution >= 4 is 17.5 Å². The van der Waals surface area contributed by atoms with Crippen LogP contribution in [0.2, 0.25) is 0 Å². The predicted octanol–water partition coefficient (Wildman–Crippen LogP) is 1.34. The van der Waals surface area contributed by atoms with Gasteiger partial charge in [0.15, 0.2) is 0 Å². The number of hydrogen-bond acceptors (Lipinski definition) is 3. The molecule has 0 aromatic heterocycles. The van der Waals surface area contributed by atoms with Crippen molar-refractivity contribution < 1.29 is 9.59 Å². The first kappa shape index (κ1) is 16.2. The highest BCUT2D eigenvalue weighted by Crippen LogP contribution is 2.08. The van der Waals surface area contributed by atoms with Crippen LogP contribution in [0.4, 0.5) is 5.69 Å². The second kappa shape index (κ2) is 7.65. The summed E-state index contributed by atoms with van der Waals surface area (Å²) in [6.45, 7) is 4.83. The minimum atomic E-state index is -0.178. The predicted molar refractivity (Wildman–Crippen MR) is 80.6 cm³/mol. The van der Waals surface area contributed by atoms with Gasteiger partial charge in [-0.05, 0) is 33.2 Å². The van der Waals surface area contributed by atoms with Crippen molar-refractivity contribution in [3.8, 4) is 0 Å². The minimum Gasteiger partial charge on any atom is -0.332 e. The Hall–Kier alpha value is -1.88. The van der Waals surface area contributed by atoms with Gasteiger partial charge in [0.1, 0.15) is 0 Å². The smallest absolute Gasteiger partial charge is 0.243 e. The van der Waals surface area contributed by atoms with Gasteiger partial charge in [-0.3, -0.25) is 9.59 Å². The van der Waals surface area contributed by atoms with Crippen molar-refractivity contribution in [1.82, 2.24) is 9.80 Å². The molecule has 0 saturated heterocycles.